The van der Waals surface area contributed by atoms with Crippen molar-refractivity contribution in [2.75, 3.05) is 13.6 Å². The Hall–Kier alpha value is -3.85. The first kappa shape index (κ1) is 22.0. The number of aliphatic hydroxyl groups is 1. The lowest BCUT2D eigenvalue weighted by Gasteiger charge is -2.52. The number of pyridine rings is 1. The van der Waals surface area contributed by atoms with Gasteiger partial charge in [0.05, 0.1) is 23.4 Å². The van der Waals surface area contributed by atoms with E-state index in [2.05, 4.69) is 10.4 Å². The maximum absolute atomic E-state index is 13.2. The predicted octanol–water partition coefficient (Wildman–Crippen LogP) is 2.95. The fourth-order valence-electron chi connectivity index (χ4n) is 4.60. The first-order valence-electron chi connectivity index (χ1n) is 11.1. The fourth-order valence-corrected chi connectivity index (χ4v) is 4.60. The highest BCUT2D eigenvalue weighted by Gasteiger charge is 2.48. The Balaban J connectivity index is 1.51. The zero-order chi connectivity index (χ0) is 24.4. The highest BCUT2D eigenvalue weighted by atomic mass is 16.5. The maximum Gasteiger partial charge on any atom is 0.268 e. The molecule has 1 aliphatic rings. The van der Waals surface area contributed by atoms with Gasteiger partial charge in [0.1, 0.15) is 17.0 Å². The molecule has 1 saturated heterocycles. The SMILES string of the molecule is CNC(=O)c1c(C)cc2cc(Oc3ccnn4cc(C(=O)N5CC(O)C5(C)C)c(C)c34)ccn12. The number of β-amino-alcohol motifs (C(OH)–C–C–N with tert-alkyl or cyclic N) is 1. The number of hydrogen-bond acceptors (Lipinski definition) is 5. The van der Waals surface area contributed by atoms with E-state index in [-0.39, 0.29) is 11.8 Å². The van der Waals surface area contributed by atoms with E-state index in [9.17, 15) is 14.7 Å². The second-order valence-corrected chi connectivity index (χ2v) is 9.26. The molecule has 9 heteroatoms. The monoisotopic (exact) mass is 461 g/mol. The summed E-state index contributed by atoms with van der Waals surface area (Å²) < 4.78 is 9.70. The number of carbonyl (C=O) groups is 2. The van der Waals surface area contributed by atoms with E-state index < -0.39 is 11.6 Å². The van der Waals surface area contributed by atoms with E-state index in [1.54, 1.807) is 47.2 Å². The summed E-state index contributed by atoms with van der Waals surface area (Å²) >= 11 is 0. The standard InChI is InChI=1S/C25H27N5O4/c1-14-10-16-11-17(7-9-28(16)21(14)23(32)26-5)34-19-6-8-27-30-12-18(15(2)22(19)30)24(33)29-13-20(31)25(29,3)4/h6-12,20,31H,13H2,1-5H3,(H,26,32). The molecule has 1 fully saturated rings. The molecule has 5 heterocycles. The average molecular weight is 462 g/mol. The Kier molecular flexibility index (Phi) is 4.91. The summed E-state index contributed by atoms with van der Waals surface area (Å²) in [6.45, 7) is 7.78. The minimum atomic E-state index is -0.608. The summed E-state index contributed by atoms with van der Waals surface area (Å²) in [6, 6.07) is 7.36. The summed E-state index contributed by atoms with van der Waals surface area (Å²) in [5, 5.41) is 17.1. The van der Waals surface area contributed by atoms with Gasteiger partial charge in [0, 0.05) is 43.6 Å². The molecule has 0 aliphatic carbocycles. The summed E-state index contributed by atoms with van der Waals surface area (Å²) in [5.74, 6) is 0.868. The Morgan fingerprint density at radius 2 is 2.00 bits per heavy atom. The number of amides is 2. The van der Waals surface area contributed by atoms with E-state index in [1.807, 2.05) is 44.2 Å². The lowest BCUT2D eigenvalue weighted by molar-refractivity contribution is -0.0928. The number of hydrogen-bond donors (Lipinski definition) is 2. The highest BCUT2D eigenvalue weighted by Crippen LogP contribution is 2.35. The lowest BCUT2D eigenvalue weighted by atomic mass is 9.84. The molecule has 4 aromatic heterocycles. The predicted molar refractivity (Wildman–Crippen MR) is 127 cm³/mol. The van der Waals surface area contributed by atoms with Gasteiger partial charge in [0.25, 0.3) is 11.8 Å². The van der Waals surface area contributed by atoms with Crippen LogP contribution in [-0.4, -0.2) is 61.1 Å². The number of carbonyl (C=O) groups excluding carboxylic acids is 2. The van der Waals surface area contributed by atoms with Crippen molar-refractivity contribution in [3.8, 4) is 11.5 Å². The number of nitrogens with zero attached hydrogens (tertiary/aromatic N) is 4. The summed E-state index contributed by atoms with van der Waals surface area (Å²) in [6.07, 6.45) is 4.59. The lowest BCUT2D eigenvalue weighted by Crippen LogP contribution is -2.69. The summed E-state index contributed by atoms with van der Waals surface area (Å²) in [4.78, 5) is 27.1. The minimum Gasteiger partial charge on any atom is -0.455 e. The van der Waals surface area contributed by atoms with Gasteiger partial charge in [-0.2, -0.15) is 5.10 Å². The van der Waals surface area contributed by atoms with Crippen molar-refractivity contribution >= 4 is 22.8 Å². The largest absolute Gasteiger partial charge is 0.455 e. The van der Waals surface area contributed by atoms with Crippen LogP contribution in [0.1, 0.15) is 45.8 Å². The summed E-state index contributed by atoms with van der Waals surface area (Å²) in [7, 11) is 1.61. The molecule has 34 heavy (non-hydrogen) atoms. The Bertz CT molecular complexity index is 1470. The van der Waals surface area contributed by atoms with E-state index in [4.69, 9.17) is 4.74 Å². The van der Waals surface area contributed by atoms with Crippen molar-refractivity contribution in [3.63, 3.8) is 0 Å². The fraction of sp³-hybridized carbons (Fsp3) is 0.320. The number of aryl methyl sites for hydroxylation is 2. The maximum atomic E-state index is 13.2. The molecule has 9 nitrogen and oxygen atoms in total. The molecule has 0 saturated carbocycles. The zero-order valence-electron chi connectivity index (χ0n) is 19.8. The van der Waals surface area contributed by atoms with Crippen molar-refractivity contribution in [3.05, 3.63) is 65.2 Å². The third-order valence-corrected chi connectivity index (χ3v) is 6.84. The Morgan fingerprint density at radius 1 is 1.24 bits per heavy atom. The third-order valence-electron chi connectivity index (χ3n) is 6.84. The number of nitrogens with one attached hydrogen (secondary N) is 1. The van der Waals surface area contributed by atoms with Crippen LogP contribution in [0.25, 0.3) is 11.0 Å². The first-order chi connectivity index (χ1) is 16.1. The van der Waals surface area contributed by atoms with Crippen LogP contribution < -0.4 is 10.1 Å². The van der Waals surface area contributed by atoms with E-state index in [0.717, 1.165) is 16.6 Å². The molecular formula is C25H27N5O4. The van der Waals surface area contributed by atoms with Gasteiger partial charge in [-0.15, -0.1) is 0 Å². The van der Waals surface area contributed by atoms with Crippen LogP contribution in [0, 0.1) is 13.8 Å². The van der Waals surface area contributed by atoms with Crippen LogP contribution in [0.4, 0.5) is 0 Å². The topological polar surface area (TPSA) is 101 Å². The molecule has 1 aliphatic heterocycles. The van der Waals surface area contributed by atoms with Crippen LogP contribution >= 0.6 is 0 Å². The van der Waals surface area contributed by atoms with Crippen LogP contribution in [0.15, 0.2) is 42.9 Å². The molecule has 0 bridgehead atoms. The van der Waals surface area contributed by atoms with E-state index in [0.29, 0.717) is 34.8 Å². The molecule has 0 spiro atoms. The van der Waals surface area contributed by atoms with Crippen molar-refractivity contribution in [2.45, 2.75) is 39.3 Å². The van der Waals surface area contributed by atoms with Gasteiger partial charge in [-0.1, -0.05) is 0 Å². The molecular weight excluding hydrogens is 434 g/mol. The molecule has 0 radical (unpaired) electrons. The van der Waals surface area contributed by atoms with E-state index >= 15 is 0 Å². The van der Waals surface area contributed by atoms with Gasteiger partial charge in [0.2, 0.25) is 0 Å². The Labute approximate surface area is 196 Å². The molecule has 176 valence electrons. The number of aliphatic hydroxyl groups excluding tert-OH is 1. The number of aromatic nitrogens is 3. The molecule has 1 unspecified atom stereocenters. The van der Waals surface area contributed by atoms with Gasteiger partial charge < -0.3 is 24.5 Å². The minimum absolute atomic E-state index is 0.143. The van der Waals surface area contributed by atoms with Crippen molar-refractivity contribution in [1.82, 2.24) is 24.2 Å². The van der Waals surface area contributed by atoms with Crippen LogP contribution in [0.3, 0.4) is 0 Å². The quantitative estimate of drug-likeness (QED) is 0.487. The van der Waals surface area contributed by atoms with Gasteiger partial charge in [-0.25, -0.2) is 4.52 Å². The molecule has 2 amide bonds. The first-order valence-corrected chi connectivity index (χ1v) is 11.1. The van der Waals surface area contributed by atoms with Gasteiger partial charge in [0.15, 0.2) is 5.75 Å². The third kappa shape index (κ3) is 3.15. The molecule has 4 aromatic rings. The van der Waals surface area contributed by atoms with Crippen molar-refractivity contribution in [1.29, 1.82) is 0 Å². The molecule has 1 atom stereocenters. The molecule has 2 N–H and O–H groups in total. The smallest absolute Gasteiger partial charge is 0.268 e. The van der Waals surface area contributed by atoms with Crippen molar-refractivity contribution < 1.29 is 19.4 Å². The average Bonchev–Trinajstić information content (AvgIpc) is 3.32. The van der Waals surface area contributed by atoms with Crippen LogP contribution in [0.2, 0.25) is 0 Å². The number of rotatable bonds is 4. The normalized spacial score (nSPS) is 17.1. The number of ether oxygens (including phenoxy) is 1. The van der Waals surface area contributed by atoms with Gasteiger partial charge in [-0.3, -0.25) is 9.59 Å². The Morgan fingerprint density at radius 3 is 2.68 bits per heavy atom. The summed E-state index contributed by atoms with van der Waals surface area (Å²) in [5.41, 5.74) is 3.65. The highest BCUT2D eigenvalue weighted by molar-refractivity contribution is 5.99. The number of fused-ring (bicyclic) bond motifs is 2. The van der Waals surface area contributed by atoms with Crippen LogP contribution in [-0.2, 0) is 0 Å². The second kappa shape index (κ2) is 7.59. The van der Waals surface area contributed by atoms with E-state index in [1.165, 1.54) is 0 Å². The second-order valence-electron chi connectivity index (χ2n) is 9.26. The molecule has 0 aromatic carbocycles. The van der Waals surface area contributed by atoms with Crippen molar-refractivity contribution in [2.24, 2.45) is 0 Å². The van der Waals surface area contributed by atoms with Gasteiger partial charge in [-0.05, 0) is 51.0 Å². The number of likely N-dealkylation sites (tertiary alicyclic amines) is 1. The van der Waals surface area contributed by atoms with Crippen LogP contribution in [0.5, 0.6) is 11.5 Å². The van der Waals surface area contributed by atoms with Gasteiger partial charge >= 0.3 is 0 Å². The molecule has 5 rings (SSSR count). The zero-order valence-corrected chi connectivity index (χ0v) is 19.8.